The molecule has 0 unspecified atom stereocenters. The molecule has 1 aromatic rings. The van der Waals surface area contributed by atoms with E-state index in [0.29, 0.717) is 6.54 Å². The van der Waals surface area contributed by atoms with Crippen LogP contribution in [0.1, 0.15) is 0 Å². The Morgan fingerprint density at radius 2 is 2.15 bits per heavy atom. The lowest BCUT2D eigenvalue weighted by Crippen LogP contribution is -2.13. The normalized spacial score (nSPS) is 14.3. The molecule has 0 aromatic heterocycles. The number of aliphatic imine (C=N–C) groups is 2. The van der Waals surface area contributed by atoms with Crippen molar-refractivity contribution in [2.24, 2.45) is 9.98 Å². The van der Waals surface area contributed by atoms with E-state index in [1.165, 1.54) is 0 Å². The highest BCUT2D eigenvalue weighted by atomic mass is 15.1. The van der Waals surface area contributed by atoms with Crippen LogP contribution < -0.4 is 11.1 Å². The molecule has 1 heterocycles. The van der Waals surface area contributed by atoms with Gasteiger partial charge in [0.2, 0.25) is 0 Å². The minimum atomic E-state index is 0.605. The van der Waals surface area contributed by atoms with Gasteiger partial charge in [0.05, 0.1) is 17.9 Å². The molecule has 0 saturated heterocycles. The number of anilines is 2. The molecule has 1 aromatic carbocycles. The third kappa shape index (κ3) is 1.66. The van der Waals surface area contributed by atoms with E-state index in [0.717, 1.165) is 17.2 Å². The summed E-state index contributed by atoms with van der Waals surface area (Å²) in [5.74, 6) is 0.831. The predicted molar refractivity (Wildman–Crippen MR) is 55.3 cm³/mol. The molecule has 0 aliphatic carbocycles. The lowest BCUT2D eigenvalue weighted by molar-refractivity contribution is 1.34. The van der Waals surface area contributed by atoms with Crippen molar-refractivity contribution in [3.05, 3.63) is 24.3 Å². The third-order valence-corrected chi connectivity index (χ3v) is 1.78. The molecule has 0 fully saturated rings. The molecule has 0 radical (unpaired) electrons. The Morgan fingerprint density at radius 1 is 1.31 bits per heavy atom. The van der Waals surface area contributed by atoms with E-state index >= 15 is 0 Å². The summed E-state index contributed by atoms with van der Waals surface area (Å²) in [6.45, 7) is 0.605. The van der Waals surface area contributed by atoms with Gasteiger partial charge < -0.3 is 11.1 Å². The molecule has 1 aliphatic heterocycles. The molecule has 0 atom stereocenters. The molecule has 3 N–H and O–H groups in total. The van der Waals surface area contributed by atoms with E-state index in [4.69, 9.17) is 5.73 Å². The van der Waals surface area contributed by atoms with Crippen LogP contribution in [0.15, 0.2) is 34.3 Å². The Bertz CT molecular complexity index is 368. The van der Waals surface area contributed by atoms with Crippen molar-refractivity contribution < 1.29 is 0 Å². The monoisotopic (exact) mass is 174 g/mol. The fraction of sp³-hybridized carbons (Fsp3) is 0.111. The van der Waals surface area contributed by atoms with Gasteiger partial charge in [0, 0.05) is 0 Å². The maximum atomic E-state index is 5.74. The number of nitrogens with zero attached hydrogens (tertiary/aromatic N) is 2. The maximum Gasteiger partial charge on any atom is 0.130 e. The Balaban J connectivity index is 2.14. The number of nitrogen functional groups attached to an aromatic ring is 1. The van der Waals surface area contributed by atoms with Gasteiger partial charge in [0.1, 0.15) is 12.2 Å². The van der Waals surface area contributed by atoms with Crippen LogP contribution in [0.3, 0.4) is 0 Å². The van der Waals surface area contributed by atoms with Gasteiger partial charge in [-0.3, -0.25) is 4.99 Å². The van der Waals surface area contributed by atoms with Crippen LogP contribution in [-0.4, -0.2) is 18.7 Å². The largest absolute Gasteiger partial charge is 0.397 e. The van der Waals surface area contributed by atoms with Gasteiger partial charge in [-0.25, -0.2) is 4.99 Å². The van der Waals surface area contributed by atoms with Crippen LogP contribution in [0, 0.1) is 0 Å². The lowest BCUT2D eigenvalue weighted by atomic mass is 10.2. The second-order valence-electron chi connectivity index (χ2n) is 2.74. The van der Waals surface area contributed by atoms with E-state index in [-0.39, 0.29) is 0 Å². The minimum absolute atomic E-state index is 0.605. The lowest BCUT2D eigenvalue weighted by Gasteiger charge is -2.06. The zero-order valence-corrected chi connectivity index (χ0v) is 7.07. The summed E-state index contributed by atoms with van der Waals surface area (Å²) in [7, 11) is 0. The van der Waals surface area contributed by atoms with Crippen molar-refractivity contribution in [3.8, 4) is 0 Å². The first-order valence-corrected chi connectivity index (χ1v) is 4.03. The van der Waals surface area contributed by atoms with E-state index < -0.39 is 0 Å². The molecule has 0 spiro atoms. The van der Waals surface area contributed by atoms with E-state index in [2.05, 4.69) is 15.3 Å². The number of nitrogens with one attached hydrogen (secondary N) is 1. The van der Waals surface area contributed by atoms with Crippen molar-refractivity contribution in [3.63, 3.8) is 0 Å². The topological polar surface area (TPSA) is 62.8 Å². The number of amidine groups is 1. The van der Waals surface area contributed by atoms with Crippen LogP contribution in [-0.2, 0) is 0 Å². The van der Waals surface area contributed by atoms with Crippen LogP contribution in [0.4, 0.5) is 11.4 Å². The molecular weight excluding hydrogens is 164 g/mol. The average Bonchev–Trinajstić information content (AvgIpc) is 2.61. The number of benzene rings is 1. The molecule has 66 valence electrons. The molecular formula is C9H10N4. The molecule has 4 heteroatoms. The van der Waals surface area contributed by atoms with Crippen LogP contribution >= 0.6 is 0 Å². The number of nitrogens with two attached hydrogens (primary N) is 1. The Hall–Kier alpha value is -1.84. The van der Waals surface area contributed by atoms with Gasteiger partial charge in [-0.15, -0.1) is 0 Å². The predicted octanol–water partition coefficient (Wildman–Crippen LogP) is 1.12. The van der Waals surface area contributed by atoms with Crippen molar-refractivity contribution in [1.82, 2.24) is 0 Å². The first kappa shape index (κ1) is 7.79. The van der Waals surface area contributed by atoms with Gasteiger partial charge >= 0.3 is 0 Å². The van der Waals surface area contributed by atoms with Crippen molar-refractivity contribution >= 4 is 23.5 Å². The van der Waals surface area contributed by atoms with E-state index in [1.807, 2.05) is 24.3 Å². The number of rotatable bonds is 1. The van der Waals surface area contributed by atoms with Gasteiger partial charge in [-0.2, -0.15) is 0 Å². The van der Waals surface area contributed by atoms with Crippen molar-refractivity contribution in [2.45, 2.75) is 0 Å². The molecule has 13 heavy (non-hydrogen) atoms. The van der Waals surface area contributed by atoms with Crippen LogP contribution in [0.5, 0.6) is 0 Å². The van der Waals surface area contributed by atoms with E-state index in [1.54, 1.807) is 6.34 Å². The molecule has 2 rings (SSSR count). The standard InChI is InChI=1S/C9H10N4/c10-7-3-1-2-4-8(7)13-9-5-11-6-12-9/h1-4,6H,5,10H2,(H,11,12,13). The molecule has 0 saturated carbocycles. The van der Waals surface area contributed by atoms with Gasteiger partial charge in [-0.1, -0.05) is 12.1 Å². The summed E-state index contributed by atoms with van der Waals surface area (Å²) in [6, 6.07) is 7.58. The number of para-hydroxylation sites is 2. The highest BCUT2D eigenvalue weighted by molar-refractivity contribution is 6.05. The molecule has 1 aliphatic rings. The van der Waals surface area contributed by atoms with E-state index in [9.17, 15) is 0 Å². The molecule has 0 amide bonds. The van der Waals surface area contributed by atoms with Crippen molar-refractivity contribution in [1.29, 1.82) is 0 Å². The van der Waals surface area contributed by atoms with Crippen LogP contribution in [0.25, 0.3) is 0 Å². The van der Waals surface area contributed by atoms with Gasteiger partial charge in [-0.05, 0) is 12.1 Å². The fourth-order valence-corrected chi connectivity index (χ4v) is 1.12. The highest BCUT2D eigenvalue weighted by Gasteiger charge is 2.03. The maximum absolute atomic E-state index is 5.74. The summed E-state index contributed by atoms with van der Waals surface area (Å²) >= 11 is 0. The number of hydrogen-bond acceptors (Lipinski definition) is 4. The van der Waals surface area contributed by atoms with Crippen molar-refractivity contribution in [2.75, 3.05) is 17.6 Å². The summed E-state index contributed by atoms with van der Waals surface area (Å²) in [5.41, 5.74) is 7.34. The summed E-state index contributed by atoms with van der Waals surface area (Å²) in [4.78, 5) is 7.99. The molecule has 0 bridgehead atoms. The molecule has 4 nitrogen and oxygen atoms in total. The van der Waals surface area contributed by atoms with Gasteiger partial charge in [0.15, 0.2) is 0 Å². The summed E-state index contributed by atoms with van der Waals surface area (Å²) in [6.07, 6.45) is 1.54. The summed E-state index contributed by atoms with van der Waals surface area (Å²) < 4.78 is 0. The Kier molecular flexibility index (Phi) is 1.96. The Morgan fingerprint density at radius 3 is 2.85 bits per heavy atom. The summed E-state index contributed by atoms with van der Waals surface area (Å²) in [5, 5.41) is 3.11. The smallest absolute Gasteiger partial charge is 0.130 e. The first-order valence-electron chi connectivity index (χ1n) is 4.03. The first-order chi connectivity index (χ1) is 6.36. The SMILES string of the molecule is Nc1ccccc1NC1=NC=NC1. The minimum Gasteiger partial charge on any atom is -0.397 e. The fourth-order valence-electron chi connectivity index (χ4n) is 1.12. The zero-order valence-electron chi connectivity index (χ0n) is 7.07. The van der Waals surface area contributed by atoms with Gasteiger partial charge in [0.25, 0.3) is 0 Å². The quantitative estimate of drug-likeness (QED) is 0.627. The number of hydrogen-bond donors (Lipinski definition) is 2. The highest BCUT2D eigenvalue weighted by Crippen LogP contribution is 2.16. The second-order valence-corrected chi connectivity index (χ2v) is 2.74. The third-order valence-electron chi connectivity index (χ3n) is 1.78. The second kappa shape index (κ2) is 3.26. The average molecular weight is 174 g/mol. The van der Waals surface area contributed by atoms with Crippen LogP contribution in [0.2, 0.25) is 0 Å². The zero-order chi connectivity index (χ0) is 9.10. The Labute approximate surface area is 76.2 Å².